The zero-order chi connectivity index (χ0) is 18.9. The minimum absolute atomic E-state index is 0.00981. The zero-order valence-corrected chi connectivity index (χ0v) is 14.1. The Bertz CT molecular complexity index is 1070. The van der Waals surface area contributed by atoms with Gasteiger partial charge in [0.1, 0.15) is 12.1 Å². The monoisotopic (exact) mass is 368 g/mol. The standard InChI is InChI=1S/C21H15F3N2O/c22-21(23,24)17-10-6-7-15(13-17)14-27-26-19-12-5-4-11-18(19)25-20(26)16-8-2-1-3-9-16/h1-13H,14H2. The summed E-state index contributed by atoms with van der Waals surface area (Å²) in [5, 5.41) is 0. The minimum atomic E-state index is -4.38. The van der Waals surface area contributed by atoms with Crippen molar-refractivity contribution in [2.75, 3.05) is 0 Å². The number of imidazole rings is 1. The van der Waals surface area contributed by atoms with E-state index in [2.05, 4.69) is 4.98 Å². The van der Waals surface area contributed by atoms with E-state index in [-0.39, 0.29) is 6.61 Å². The average Bonchev–Trinajstić information content (AvgIpc) is 3.05. The van der Waals surface area contributed by atoms with Crippen LogP contribution in [-0.2, 0) is 12.8 Å². The molecular weight excluding hydrogens is 353 g/mol. The molecule has 0 fully saturated rings. The number of benzene rings is 3. The molecule has 0 radical (unpaired) electrons. The van der Waals surface area contributed by atoms with Gasteiger partial charge in [-0.1, -0.05) is 54.6 Å². The Labute approximate surface area is 153 Å². The molecule has 0 saturated carbocycles. The van der Waals surface area contributed by atoms with Crippen molar-refractivity contribution in [3.8, 4) is 11.4 Å². The van der Waals surface area contributed by atoms with Crippen LogP contribution in [-0.4, -0.2) is 9.71 Å². The molecule has 0 atom stereocenters. The lowest BCUT2D eigenvalue weighted by Gasteiger charge is -2.13. The van der Waals surface area contributed by atoms with Crippen LogP contribution in [0.2, 0.25) is 0 Å². The molecule has 0 bridgehead atoms. The molecule has 1 heterocycles. The zero-order valence-electron chi connectivity index (χ0n) is 14.1. The van der Waals surface area contributed by atoms with Gasteiger partial charge >= 0.3 is 6.18 Å². The maximum atomic E-state index is 12.9. The Morgan fingerprint density at radius 3 is 2.37 bits per heavy atom. The Balaban J connectivity index is 1.70. The number of alkyl halides is 3. The number of halogens is 3. The highest BCUT2D eigenvalue weighted by atomic mass is 19.4. The summed E-state index contributed by atoms with van der Waals surface area (Å²) >= 11 is 0. The fourth-order valence-corrected chi connectivity index (χ4v) is 2.88. The molecular formula is C21H15F3N2O. The van der Waals surface area contributed by atoms with Crippen molar-refractivity contribution in [1.29, 1.82) is 0 Å². The van der Waals surface area contributed by atoms with Crippen molar-refractivity contribution in [3.63, 3.8) is 0 Å². The van der Waals surface area contributed by atoms with Crippen LogP contribution in [0.5, 0.6) is 0 Å². The average molecular weight is 368 g/mol. The van der Waals surface area contributed by atoms with Gasteiger partial charge in [-0.2, -0.15) is 17.9 Å². The highest BCUT2D eigenvalue weighted by Gasteiger charge is 2.30. The molecule has 3 nitrogen and oxygen atoms in total. The van der Waals surface area contributed by atoms with Crippen LogP contribution >= 0.6 is 0 Å². The molecule has 0 unspecified atom stereocenters. The van der Waals surface area contributed by atoms with Gasteiger partial charge in [-0.05, 0) is 29.8 Å². The summed E-state index contributed by atoms with van der Waals surface area (Å²) in [6.07, 6.45) is -4.38. The molecule has 0 aliphatic carbocycles. The normalized spacial score (nSPS) is 11.7. The minimum Gasteiger partial charge on any atom is -0.407 e. The van der Waals surface area contributed by atoms with Crippen LogP contribution in [0, 0.1) is 0 Å². The summed E-state index contributed by atoms with van der Waals surface area (Å²) in [5.41, 5.74) is 2.10. The molecule has 0 amide bonds. The lowest BCUT2D eigenvalue weighted by Crippen LogP contribution is -2.13. The summed E-state index contributed by atoms with van der Waals surface area (Å²) in [6, 6.07) is 22.1. The van der Waals surface area contributed by atoms with Crippen molar-refractivity contribution in [1.82, 2.24) is 9.71 Å². The van der Waals surface area contributed by atoms with Crippen LogP contribution < -0.4 is 4.84 Å². The molecule has 0 N–H and O–H groups in total. The van der Waals surface area contributed by atoms with E-state index in [0.717, 1.165) is 28.7 Å². The Morgan fingerprint density at radius 2 is 1.59 bits per heavy atom. The van der Waals surface area contributed by atoms with Crippen molar-refractivity contribution in [2.45, 2.75) is 12.8 Å². The van der Waals surface area contributed by atoms with Crippen LogP contribution in [0.1, 0.15) is 11.1 Å². The first kappa shape index (κ1) is 17.1. The third-order valence-electron chi connectivity index (χ3n) is 4.17. The number of para-hydroxylation sites is 2. The Morgan fingerprint density at radius 1 is 0.852 bits per heavy atom. The third kappa shape index (κ3) is 3.51. The molecule has 0 saturated heterocycles. The molecule has 0 aliphatic rings. The number of fused-ring (bicyclic) bond motifs is 1. The Hall–Kier alpha value is -3.28. The van der Waals surface area contributed by atoms with Crippen LogP contribution in [0.25, 0.3) is 22.4 Å². The predicted molar refractivity (Wildman–Crippen MR) is 96.9 cm³/mol. The molecule has 6 heteroatoms. The first-order valence-electron chi connectivity index (χ1n) is 8.35. The van der Waals surface area contributed by atoms with Crippen molar-refractivity contribution >= 4 is 11.0 Å². The smallest absolute Gasteiger partial charge is 0.407 e. The number of hydrogen-bond acceptors (Lipinski definition) is 2. The number of aromatic nitrogens is 2. The van der Waals surface area contributed by atoms with E-state index in [1.165, 1.54) is 6.07 Å². The maximum Gasteiger partial charge on any atom is 0.416 e. The largest absolute Gasteiger partial charge is 0.416 e. The van der Waals surface area contributed by atoms with Crippen LogP contribution in [0.15, 0.2) is 78.9 Å². The SMILES string of the molecule is FC(F)(F)c1cccc(COn2c(-c3ccccc3)nc3ccccc32)c1. The van der Waals surface area contributed by atoms with E-state index in [1.54, 1.807) is 10.8 Å². The first-order valence-corrected chi connectivity index (χ1v) is 8.35. The van der Waals surface area contributed by atoms with Gasteiger partial charge in [0.05, 0.1) is 11.1 Å². The van der Waals surface area contributed by atoms with E-state index < -0.39 is 11.7 Å². The van der Waals surface area contributed by atoms with E-state index in [9.17, 15) is 13.2 Å². The molecule has 1 aromatic heterocycles. The van der Waals surface area contributed by atoms with Crippen molar-refractivity contribution < 1.29 is 18.0 Å². The van der Waals surface area contributed by atoms with E-state index in [1.807, 2.05) is 54.6 Å². The van der Waals surface area contributed by atoms with Gasteiger partial charge in [0.25, 0.3) is 0 Å². The fourth-order valence-electron chi connectivity index (χ4n) is 2.88. The lowest BCUT2D eigenvalue weighted by molar-refractivity contribution is -0.137. The second kappa shape index (κ2) is 6.79. The molecule has 27 heavy (non-hydrogen) atoms. The van der Waals surface area contributed by atoms with Gasteiger partial charge in [-0.3, -0.25) is 0 Å². The summed E-state index contributed by atoms with van der Waals surface area (Å²) in [4.78, 5) is 10.5. The number of hydrogen-bond donors (Lipinski definition) is 0. The second-order valence-electron chi connectivity index (χ2n) is 6.06. The van der Waals surface area contributed by atoms with Gasteiger partial charge in [0.15, 0.2) is 5.82 Å². The second-order valence-corrected chi connectivity index (χ2v) is 6.06. The number of nitrogens with zero attached hydrogens (tertiary/aromatic N) is 2. The molecule has 4 aromatic rings. The van der Waals surface area contributed by atoms with E-state index in [0.29, 0.717) is 11.4 Å². The quantitative estimate of drug-likeness (QED) is 0.485. The number of rotatable bonds is 4. The topological polar surface area (TPSA) is 27.1 Å². The van der Waals surface area contributed by atoms with Gasteiger partial charge < -0.3 is 4.84 Å². The van der Waals surface area contributed by atoms with Gasteiger partial charge in [0, 0.05) is 5.56 Å². The summed E-state index contributed by atoms with van der Waals surface area (Å²) in [7, 11) is 0. The van der Waals surface area contributed by atoms with Gasteiger partial charge in [-0.25, -0.2) is 4.98 Å². The van der Waals surface area contributed by atoms with Crippen LogP contribution in [0.3, 0.4) is 0 Å². The van der Waals surface area contributed by atoms with E-state index >= 15 is 0 Å². The summed E-state index contributed by atoms with van der Waals surface area (Å²) < 4.78 is 40.3. The highest BCUT2D eigenvalue weighted by Crippen LogP contribution is 2.30. The molecule has 136 valence electrons. The molecule has 0 aliphatic heterocycles. The summed E-state index contributed by atoms with van der Waals surface area (Å²) in [5.74, 6) is 0.601. The predicted octanol–water partition coefficient (Wildman–Crippen LogP) is 5.35. The Kier molecular flexibility index (Phi) is 4.32. The first-order chi connectivity index (χ1) is 13.0. The molecule has 3 aromatic carbocycles. The summed E-state index contributed by atoms with van der Waals surface area (Å²) in [6.45, 7) is -0.00981. The van der Waals surface area contributed by atoms with Gasteiger partial charge in [-0.15, -0.1) is 0 Å². The molecule has 4 rings (SSSR count). The highest BCUT2D eigenvalue weighted by molar-refractivity contribution is 5.80. The van der Waals surface area contributed by atoms with Crippen LogP contribution in [0.4, 0.5) is 13.2 Å². The van der Waals surface area contributed by atoms with E-state index in [4.69, 9.17) is 4.84 Å². The third-order valence-corrected chi connectivity index (χ3v) is 4.17. The lowest BCUT2D eigenvalue weighted by atomic mass is 10.1. The fraction of sp³-hybridized carbons (Fsp3) is 0.0952. The maximum absolute atomic E-state index is 12.9. The van der Waals surface area contributed by atoms with Crippen molar-refractivity contribution in [3.05, 3.63) is 90.0 Å². The van der Waals surface area contributed by atoms with Gasteiger partial charge in [0.2, 0.25) is 0 Å². The molecule has 0 spiro atoms. The van der Waals surface area contributed by atoms with Crippen molar-refractivity contribution in [2.24, 2.45) is 0 Å².